The van der Waals surface area contributed by atoms with Gasteiger partial charge in [-0.3, -0.25) is 4.79 Å². The summed E-state index contributed by atoms with van der Waals surface area (Å²) in [7, 11) is 1.59. The lowest BCUT2D eigenvalue weighted by Crippen LogP contribution is -2.46. The van der Waals surface area contributed by atoms with Gasteiger partial charge in [-0.05, 0) is 55.7 Å². The molecule has 1 atom stereocenters. The van der Waals surface area contributed by atoms with E-state index in [1.54, 1.807) is 26.2 Å². The number of anilines is 1. The quantitative estimate of drug-likeness (QED) is 0.775. The number of carbonyl (C=O) groups excluding carboxylic acids is 2. The highest BCUT2D eigenvalue weighted by Crippen LogP contribution is 2.29. The van der Waals surface area contributed by atoms with Crippen molar-refractivity contribution in [1.82, 2.24) is 10.6 Å². The molecule has 6 heteroatoms. The molecule has 3 rings (SSSR count). The number of urea groups is 1. The zero-order chi connectivity index (χ0) is 19.6. The van der Waals surface area contributed by atoms with Crippen LogP contribution in [0.1, 0.15) is 29.7 Å². The number of amides is 3. The molecular formula is C21H23N3O3. The molecule has 0 spiro atoms. The first-order valence-corrected chi connectivity index (χ1v) is 8.70. The normalized spacial score (nSPS) is 16.4. The summed E-state index contributed by atoms with van der Waals surface area (Å²) in [5, 5.41) is 8.50. The minimum absolute atomic E-state index is 0.255. The van der Waals surface area contributed by atoms with Crippen LogP contribution in [0.3, 0.4) is 0 Å². The number of hydrogen-bond donors (Lipinski definition) is 3. The molecule has 3 amide bonds. The third kappa shape index (κ3) is 3.79. The number of nitrogens with one attached hydrogen (secondary N) is 3. The fourth-order valence-electron chi connectivity index (χ4n) is 3.12. The van der Waals surface area contributed by atoms with E-state index in [-0.39, 0.29) is 11.9 Å². The number of ether oxygens (including phenoxy) is 1. The van der Waals surface area contributed by atoms with E-state index in [0.29, 0.717) is 17.0 Å². The van der Waals surface area contributed by atoms with Crippen molar-refractivity contribution in [2.45, 2.75) is 26.8 Å². The summed E-state index contributed by atoms with van der Waals surface area (Å²) < 4.78 is 5.19. The van der Waals surface area contributed by atoms with Gasteiger partial charge in [0.2, 0.25) is 0 Å². The number of allylic oxidation sites excluding steroid dienone is 1. The van der Waals surface area contributed by atoms with E-state index in [1.165, 1.54) is 0 Å². The molecule has 1 aliphatic rings. The summed E-state index contributed by atoms with van der Waals surface area (Å²) in [6.45, 7) is 5.69. The highest BCUT2D eigenvalue weighted by molar-refractivity contribution is 6.07. The molecule has 3 N–H and O–H groups in total. The van der Waals surface area contributed by atoms with E-state index in [0.717, 1.165) is 22.4 Å². The Hall–Kier alpha value is -3.28. The van der Waals surface area contributed by atoms with Gasteiger partial charge >= 0.3 is 6.03 Å². The molecule has 0 fully saturated rings. The highest BCUT2D eigenvalue weighted by Gasteiger charge is 2.31. The molecule has 0 aliphatic carbocycles. The van der Waals surface area contributed by atoms with Crippen molar-refractivity contribution in [2.75, 3.05) is 12.4 Å². The Kier molecular flexibility index (Phi) is 5.16. The molecule has 1 heterocycles. The predicted molar refractivity (Wildman–Crippen MR) is 105 cm³/mol. The monoisotopic (exact) mass is 365 g/mol. The second kappa shape index (κ2) is 7.53. The smallest absolute Gasteiger partial charge is 0.319 e. The summed E-state index contributed by atoms with van der Waals surface area (Å²) in [6, 6.07) is 12.2. The first-order valence-electron chi connectivity index (χ1n) is 8.70. The van der Waals surface area contributed by atoms with Gasteiger partial charge in [0.1, 0.15) is 5.75 Å². The van der Waals surface area contributed by atoms with Crippen molar-refractivity contribution < 1.29 is 14.3 Å². The van der Waals surface area contributed by atoms with Crippen LogP contribution in [0.15, 0.2) is 53.7 Å². The van der Waals surface area contributed by atoms with Crippen molar-refractivity contribution in [2.24, 2.45) is 0 Å². The standard InChI is InChI=1S/C21H23N3O3/c1-12-6-5-7-17(13(12)2)23-20(25)18-14(3)22-21(26)24-19(18)15-8-10-16(27-4)11-9-15/h5-11,19H,1-4H3,(H,23,25)(H2,22,24,26)/t19-/m1/s1. The van der Waals surface area contributed by atoms with Crippen molar-refractivity contribution >= 4 is 17.6 Å². The Morgan fingerprint density at radius 1 is 1.07 bits per heavy atom. The topological polar surface area (TPSA) is 79.5 Å². The van der Waals surface area contributed by atoms with Gasteiger partial charge in [-0.15, -0.1) is 0 Å². The van der Waals surface area contributed by atoms with E-state index in [9.17, 15) is 9.59 Å². The van der Waals surface area contributed by atoms with E-state index in [1.807, 2.05) is 44.2 Å². The SMILES string of the molecule is COc1ccc([C@H]2NC(=O)NC(C)=C2C(=O)Nc2cccc(C)c2C)cc1. The van der Waals surface area contributed by atoms with E-state index in [2.05, 4.69) is 16.0 Å². The van der Waals surface area contributed by atoms with Crippen molar-refractivity contribution in [3.8, 4) is 5.75 Å². The van der Waals surface area contributed by atoms with Gasteiger partial charge in [0.25, 0.3) is 5.91 Å². The van der Waals surface area contributed by atoms with Gasteiger partial charge in [0, 0.05) is 11.4 Å². The van der Waals surface area contributed by atoms with E-state index in [4.69, 9.17) is 4.74 Å². The summed E-state index contributed by atoms with van der Waals surface area (Å²) in [4.78, 5) is 25.1. The van der Waals surface area contributed by atoms with Crippen LogP contribution in [0.2, 0.25) is 0 Å². The van der Waals surface area contributed by atoms with Gasteiger partial charge < -0.3 is 20.7 Å². The zero-order valence-corrected chi connectivity index (χ0v) is 15.8. The molecule has 2 aromatic carbocycles. The molecule has 27 heavy (non-hydrogen) atoms. The van der Waals surface area contributed by atoms with Crippen LogP contribution >= 0.6 is 0 Å². The fraction of sp³-hybridized carbons (Fsp3) is 0.238. The largest absolute Gasteiger partial charge is 0.497 e. The first kappa shape index (κ1) is 18.5. The number of aryl methyl sites for hydroxylation is 1. The van der Waals surface area contributed by atoms with Crippen LogP contribution in [0.4, 0.5) is 10.5 Å². The van der Waals surface area contributed by atoms with Gasteiger partial charge in [0.15, 0.2) is 0 Å². The third-order valence-corrected chi connectivity index (χ3v) is 4.82. The minimum Gasteiger partial charge on any atom is -0.497 e. The van der Waals surface area contributed by atoms with Crippen LogP contribution in [-0.2, 0) is 4.79 Å². The maximum atomic E-state index is 13.1. The Bertz CT molecular complexity index is 917. The maximum absolute atomic E-state index is 13.1. The summed E-state index contributed by atoms with van der Waals surface area (Å²) in [5.74, 6) is 0.454. The number of rotatable bonds is 4. The number of methoxy groups -OCH3 is 1. The summed E-state index contributed by atoms with van der Waals surface area (Å²) >= 11 is 0. The Labute approximate surface area is 158 Å². The second-order valence-electron chi connectivity index (χ2n) is 6.54. The predicted octanol–water partition coefficient (Wildman–Crippen LogP) is 3.58. The maximum Gasteiger partial charge on any atom is 0.319 e. The molecule has 2 aromatic rings. The van der Waals surface area contributed by atoms with Crippen LogP contribution < -0.4 is 20.7 Å². The van der Waals surface area contributed by atoms with Crippen LogP contribution in [-0.4, -0.2) is 19.0 Å². The fourth-order valence-corrected chi connectivity index (χ4v) is 3.12. The Morgan fingerprint density at radius 3 is 2.44 bits per heavy atom. The molecule has 0 saturated carbocycles. The average molecular weight is 365 g/mol. The zero-order valence-electron chi connectivity index (χ0n) is 15.8. The molecule has 140 valence electrons. The van der Waals surface area contributed by atoms with Crippen LogP contribution in [0.25, 0.3) is 0 Å². The molecule has 6 nitrogen and oxygen atoms in total. The van der Waals surface area contributed by atoms with Gasteiger partial charge in [-0.25, -0.2) is 4.79 Å². The summed E-state index contributed by atoms with van der Waals surface area (Å²) in [6.07, 6.45) is 0. The molecular weight excluding hydrogens is 342 g/mol. The lowest BCUT2D eigenvalue weighted by molar-refractivity contribution is -0.113. The second-order valence-corrected chi connectivity index (χ2v) is 6.54. The highest BCUT2D eigenvalue weighted by atomic mass is 16.5. The number of benzene rings is 2. The number of hydrogen-bond acceptors (Lipinski definition) is 3. The molecule has 0 saturated heterocycles. The van der Waals surface area contributed by atoms with E-state index >= 15 is 0 Å². The molecule has 0 radical (unpaired) electrons. The minimum atomic E-state index is -0.547. The van der Waals surface area contributed by atoms with Crippen molar-refractivity contribution in [3.05, 3.63) is 70.4 Å². The first-order chi connectivity index (χ1) is 12.9. The lowest BCUT2D eigenvalue weighted by Gasteiger charge is -2.29. The molecule has 1 aliphatic heterocycles. The summed E-state index contributed by atoms with van der Waals surface area (Å²) in [5.41, 5.74) is 4.67. The van der Waals surface area contributed by atoms with Gasteiger partial charge in [-0.2, -0.15) is 0 Å². The van der Waals surface area contributed by atoms with Crippen molar-refractivity contribution in [1.29, 1.82) is 0 Å². The Balaban J connectivity index is 1.95. The molecule has 0 bridgehead atoms. The Morgan fingerprint density at radius 2 is 1.78 bits per heavy atom. The van der Waals surface area contributed by atoms with Crippen LogP contribution in [0.5, 0.6) is 5.75 Å². The number of carbonyl (C=O) groups is 2. The lowest BCUT2D eigenvalue weighted by atomic mass is 9.94. The van der Waals surface area contributed by atoms with Gasteiger partial charge in [0.05, 0.1) is 18.7 Å². The van der Waals surface area contributed by atoms with Crippen LogP contribution in [0, 0.1) is 13.8 Å². The molecule has 0 aromatic heterocycles. The molecule has 0 unspecified atom stereocenters. The van der Waals surface area contributed by atoms with Gasteiger partial charge in [-0.1, -0.05) is 24.3 Å². The third-order valence-electron chi connectivity index (χ3n) is 4.82. The van der Waals surface area contributed by atoms with Crippen molar-refractivity contribution in [3.63, 3.8) is 0 Å². The average Bonchev–Trinajstić information content (AvgIpc) is 2.64. The van der Waals surface area contributed by atoms with E-state index < -0.39 is 6.04 Å².